The van der Waals surface area contributed by atoms with E-state index in [0.717, 1.165) is 12.8 Å². The summed E-state index contributed by atoms with van der Waals surface area (Å²) in [5.74, 6) is 0. The molecule has 0 aromatic heterocycles. The molecule has 0 bridgehead atoms. The number of hydrogen-bond acceptors (Lipinski definition) is 4. The van der Waals surface area contributed by atoms with Crippen LogP contribution in [0.1, 0.15) is 57.8 Å². The van der Waals surface area contributed by atoms with E-state index in [9.17, 15) is 5.21 Å². The van der Waals surface area contributed by atoms with Crippen LogP contribution in [0, 0.1) is 5.21 Å². The van der Waals surface area contributed by atoms with E-state index in [4.69, 9.17) is 0 Å². The van der Waals surface area contributed by atoms with Crippen LogP contribution in [-0.4, -0.2) is 24.4 Å². The molecule has 2 saturated carbocycles. The van der Waals surface area contributed by atoms with Gasteiger partial charge in [0.15, 0.2) is 6.29 Å². The minimum absolute atomic E-state index is 0.0000463. The van der Waals surface area contributed by atoms with Gasteiger partial charge in [0.1, 0.15) is 6.04 Å². The Morgan fingerprint density at radius 1 is 0.944 bits per heavy atom. The highest BCUT2D eigenvalue weighted by atomic mass is 16.5. The van der Waals surface area contributed by atoms with Crippen molar-refractivity contribution in [2.45, 2.75) is 82.2 Å². The molecule has 3 rings (SSSR count). The van der Waals surface area contributed by atoms with Gasteiger partial charge in [0.2, 0.25) is 0 Å². The Hall–Kier alpha value is -0.200. The van der Waals surface area contributed by atoms with E-state index < -0.39 is 0 Å². The topological polar surface area (TPSA) is 63.6 Å². The first-order valence-corrected chi connectivity index (χ1v) is 7.65. The first kappa shape index (κ1) is 12.8. The number of nitrogens with one attached hydrogen (secondary N) is 4. The quantitative estimate of drug-likeness (QED) is 0.524. The number of rotatable bonds is 2. The van der Waals surface area contributed by atoms with Crippen LogP contribution in [0.15, 0.2) is 0 Å². The smallest absolute Gasteiger partial charge is 0.158 e. The van der Waals surface area contributed by atoms with Gasteiger partial charge < -0.3 is 5.21 Å². The molecule has 5 nitrogen and oxygen atoms in total. The van der Waals surface area contributed by atoms with E-state index in [0.29, 0.717) is 12.1 Å². The number of hydrogen-bond donors (Lipinski definition) is 4. The summed E-state index contributed by atoms with van der Waals surface area (Å²) >= 11 is 0. The Kier molecular flexibility index (Phi) is 4.16. The molecule has 18 heavy (non-hydrogen) atoms. The van der Waals surface area contributed by atoms with Crippen LogP contribution in [0.4, 0.5) is 0 Å². The van der Waals surface area contributed by atoms with Crippen LogP contribution in [0.5, 0.6) is 0 Å². The van der Waals surface area contributed by atoms with Crippen molar-refractivity contribution < 1.29 is 5.17 Å². The van der Waals surface area contributed by atoms with E-state index in [2.05, 4.69) is 16.1 Å². The summed E-state index contributed by atoms with van der Waals surface area (Å²) in [6, 6.07) is 1.19. The molecule has 1 aliphatic heterocycles. The highest BCUT2D eigenvalue weighted by molar-refractivity contribution is 4.86. The monoisotopic (exact) mass is 254 g/mol. The fourth-order valence-electron chi connectivity index (χ4n) is 3.74. The molecular weight excluding hydrogens is 228 g/mol. The highest BCUT2D eigenvalue weighted by Gasteiger charge is 2.37. The lowest BCUT2D eigenvalue weighted by Crippen LogP contribution is -3.23. The van der Waals surface area contributed by atoms with Gasteiger partial charge in [0, 0.05) is 12.5 Å². The Balaban J connectivity index is 1.54. The van der Waals surface area contributed by atoms with Crippen molar-refractivity contribution in [2.75, 3.05) is 0 Å². The molecule has 0 spiro atoms. The second-order valence-corrected chi connectivity index (χ2v) is 6.11. The van der Waals surface area contributed by atoms with Crippen molar-refractivity contribution >= 4 is 0 Å². The first-order chi connectivity index (χ1) is 8.83. The molecule has 3 aliphatic rings. The molecule has 4 N–H and O–H groups in total. The van der Waals surface area contributed by atoms with Gasteiger partial charge >= 0.3 is 0 Å². The molecule has 0 aromatic rings. The van der Waals surface area contributed by atoms with Crippen molar-refractivity contribution in [1.82, 2.24) is 16.1 Å². The fourth-order valence-corrected chi connectivity index (χ4v) is 3.74. The Labute approximate surface area is 109 Å². The van der Waals surface area contributed by atoms with Crippen molar-refractivity contribution in [3.8, 4) is 0 Å². The summed E-state index contributed by atoms with van der Waals surface area (Å²) in [5.41, 5.74) is 3.10. The second-order valence-electron chi connectivity index (χ2n) is 6.11. The molecule has 5 heteroatoms. The zero-order chi connectivity index (χ0) is 12.4. The van der Waals surface area contributed by atoms with Crippen LogP contribution in [0.2, 0.25) is 0 Å². The Morgan fingerprint density at radius 2 is 1.67 bits per heavy atom. The van der Waals surface area contributed by atoms with E-state index in [1.807, 2.05) is 0 Å². The van der Waals surface area contributed by atoms with Crippen molar-refractivity contribution in [2.24, 2.45) is 0 Å². The lowest BCUT2D eigenvalue weighted by Gasteiger charge is -2.47. The third kappa shape index (κ3) is 2.86. The second kappa shape index (κ2) is 5.84. The van der Waals surface area contributed by atoms with Gasteiger partial charge in [-0.15, -0.1) is 5.43 Å². The Morgan fingerprint density at radius 3 is 2.50 bits per heavy atom. The predicted molar refractivity (Wildman–Crippen MR) is 70.4 cm³/mol. The first-order valence-electron chi connectivity index (χ1n) is 7.65. The van der Waals surface area contributed by atoms with Crippen LogP contribution in [-0.2, 0) is 0 Å². The maximum absolute atomic E-state index is 12.1. The van der Waals surface area contributed by atoms with Gasteiger partial charge in [-0.2, -0.15) is 0 Å². The fraction of sp³-hybridized carbons (Fsp3) is 1.00. The zero-order valence-electron chi connectivity index (χ0n) is 11.1. The van der Waals surface area contributed by atoms with Crippen LogP contribution in [0.3, 0.4) is 0 Å². The lowest BCUT2D eigenvalue weighted by molar-refractivity contribution is -0.935. The minimum atomic E-state index is -0.0000463. The molecule has 104 valence electrons. The summed E-state index contributed by atoms with van der Waals surface area (Å²) in [4.78, 5) is 0. The van der Waals surface area contributed by atoms with Crippen LogP contribution < -0.4 is 21.2 Å². The maximum Gasteiger partial charge on any atom is 0.158 e. The summed E-state index contributed by atoms with van der Waals surface area (Å²) in [6.45, 7) is 0. The van der Waals surface area contributed by atoms with E-state index in [1.165, 1.54) is 44.9 Å². The Bertz CT molecular complexity index is 268. The van der Waals surface area contributed by atoms with Gasteiger partial charge in [-0.1, -0.05) is 25.7 Å². The third-order valence-electron chi connectivity index (χ3n) is 4.78. The molecule has 4 atom stereocenters. The maximum atomic E-state index is 12.1. The van der Waals surface area contributed by atoms with Crippen molar-refractivity contribution in [3.05, 3.63) is 5.21 Å². The normalized spacial score (nSPS) is 42.5. The summed E-state index contributed by atoms with van der Waals surface area (Å²) in [6.07, 6.45) is 11.2. The van der Waals surface area contributed by atoms with Gasteiger partial charge in [-0.3, -0.25) is 15.8 Å². The molecule has 0 amide bonds. The minimum Gasteiger partial charge on any atom is -0.613 e. The molecule has 2 aliphatic carbocycles. The van der Waals surface area contributed by atoms with Crippen molar-refractivity contribution in [3.63, 3.8) is 0 Å². The third-order valence-corrected chi connectivity index (χ3v) is 4.78. The van der Waals surface area contributed by atoms with Crippen molar-refractivity contribution in [1.29, 1.82) is 0 Å². The zero-order valence-corrected chi connectivity index (χ0v) is 11.1. The average molecular weight is 254 g/mol. The molecule has 0 radical (unpaired) electrons. The predicted octanol–water partition coefficient (Wildman–Crippen LogP) is -0.00600. The molecule has 4 unspecified atom stereocenters. The van der Waals surface area contributed by atoms with Gasteiger partial charge in [0.25, 0.3) is 0 Å². The highest BCUT2D eigenvalue weighted by Crippen LogP contribution is 2.20. The average Bonchev–Trinajstić information content (AvgIpc) is 2.40. The summed E-state index contributed by atoms with van der Waals surface area (Å²) in [7, 11) is 0. The van der Waals surface area contributed by atoms with E-state index >= 15 is 0 Å². The van der Waals surface area contributed by atoms with Crippen LogP contribution >= 0.6 is 0 Å². The molecule has 0 aromatic carbocycles. The molecule has 1 saturated heterocycles. The molecular formula is C13H26N4O. The van der Waals surface area contributed by atoms with Gasteiger partial charge in [-0.25, -0.2) is 0 Å². The lowest BCUT2D eigenvalue weighted by atomic mass is 9.90. The SMILES string of the molecule is [O-][NH+]1NC(NC2CCCCC2)NC2CCCCC21. The van der Waals surface area contributed by atoms with Gasteiger partial charge in [-0.05, 0) is 25.7 Å². The number of fused-ring (bicyclic) bond motifs is 1. The van der Waals surface area contributed by atoms with Crippen LogP contribution in [0.25, 0.3) is 0 Å². The number of hydroxylamine groups is 1. The molecule has 1 heterocycles. The van der Waals surface area contributed by atoms with E-state index in [1.54, 1.807) is 0 Å². The van der Waals surface area contributed by atoms with E-state index in [-0.39, 0.29) is 17.5 Å². The standard InChI is InChI=1S/C13H26N4O/c18-17-12-9-5-4-8-11(12)15-13(16-17)14-10-6-2-1-3-7-10/h10-17H,1-9H2. The number of quaternary nitrogens is 1. The summed E-state index contributed by atoms with van der Waals surface area (Å²) in [5, 5.41) is 19.5. The largest absolute Gasteiger partial charge is 0.613 e. The molecule has 3 fully saturated rings. The summed E-state index contributed by atoms with van der Waals surface area (Å²) < 4.78 is 0. The van der Waals surface area contributed by atoms with Gasteiger partial charge in [0.05, 0.1) is 6.04 Å².